The Balaban J connectivity index is 2.01. The highest BCUT2D eigenvalue weighted by Crippen LogP contribution is 2.29. The topological polar surface area (TPSA) is 102 Å². The van der Waals surface area contributed by atoms with E-state index in [0.29, 0.717) is 11.3 Å². The third-order valence-electron chi connectivity index (χ3n) is 4.42. The fraction of sp³-hybridized carbons (Fsp3) is 0.150. The predicted octanol–water partition coefficient (Wildman–Crippen LogP) is 3.00. The molecule has 0 saturated carbocycles. The van der Waals surface area contributed by atoms with Gasteiger partial charge < -0.3 is 4.74 Å². The van der Waals surface area contributed by atoms with Crippen molar-refractivity contribution >= 4 is 46.6 Å². The number of anilines is 1. The van der Waals surface area contributed by atoms with Crippen LogP contribution in [-0.4, -0.2) is 29.0 Å². The van der Waals surface area contributed by atoms with Crippen LogP contribution in [0.2, 0.25) is 0 Å². The number of amides is 2. The van der Waals surface area contributed by atoms with Crippen molar-refractivity contribution in [1.82, 2.24) is 5.32 Å². The van der Waals surface area contributed by atoms with E-state index in [0.717, 1.165) is 12.0 Å². The van der Waals surface area contributed by atoms with Crippen LogP contribution in [0, 0.1) is 10.1 Å². The highest BCUT2D eigenvalue weighted by Gasteiger charge is 2.34. The van der Waals surface area contributed by atoms with E-state index in [4.69, 9.17) is 17.0 Å². The van der Waals surface area contributed by atoms with E-state index in [2.05, 4.69) is 5.32 Å². The lowest BCUT2D eigenvalue weighted by atomic mass is 10.1. The first-order chi connectivity index (χ1) is 13.8. The number of nitro benzene ring substituents is 1. The first-order valence-corrected chi connectivity index (χ1v) is 9.09. The maximum Gasteiger partial charge on any atom is 0.311 e. The van der Waals surface area contributed by atoms with Crippen molar-refractivity contribution in [3.63, 3.8) is 0 Å². The summed E-state index contributed by atoms with van der Waals surface area (Å²) in [6.45, 7) is 2.01. The molecule has 148 valence electrons. The summed E-state index contributed by atoms with van der Waals surface area (Å²) < 4.78 is 4.97. The zero-order valence-corrected chi connectivity index (χ0v) is 16.5. The fourth-order valence-corrected chi connectivity index (χ4v) is 3.16. The second kappa shape index (κ2) is 8.19. The Bertz CT molecular complexity index is 1050. The van der Waals surface area contributed by atoms with Gasteiger partial charge in [0, 0.05) is 6.07 Å². The lowest BCUT2D eigenvalue weighted by Crippen LogP contribution is -2.54. The number of carbonyl (C=O) groups excluding carboxylic acids is 2. The molecular formula is C20H17N3O5S. The SMILES string of the molecule is CCc1ccc(N2C(=O)/C(=C/c3ccc(OC)c([N+](=O)[O-])c3)C(=O)NC2=S)cc1. The monoisotopic (exact) mass is 411 g/mol. The maximum absolute atomic E-state index is 13.0. The van der Waals surface area contributed by atoms with E-state index in [9.17, 15) is 19.7 Å². The van der Waals surface area contributed by atoms with E-state index < -0.39 is 16.7 Å². The molecule has 2 amide bonds. The third-order valence-corrected chi connectivity index (χ3v) is 4.70. The molecule has 0 aromatic heterocycles. The van der Waals surface area contributed by atoms with Crippen molar-refractivity contribution in [1.29, 1.82) is 0 Å². The van der Waals surface area contributed by atoms with Gasteiger partial charge in [0.2, 0.25) is 0 Å². The van der Waals surface area contributed by atoms with Gasteiger partial charge in [0.1, 0.15) is 5.57 Å². The lowest BCUT2D eigenvalue weighted by molar-refractivity contribution is -0.385. The van der Waals surface area contributed by atoms with Crippen molar-refractivity contribution in [2.24, 2.45) is 0 Å². The first-order valence-electron chi connectivity index (χ1n) is 8.68. The van der Waals surface area contributed by atoms with Crippen LogP contribution in [0.3, 0.4) is 0 Å². The van der Waals surface area contributed by atoms with Crippen LogP contribution in [0.4, 0.5) is 11.4 Å². The number of thiocarbonyl (C=S) groups is 1. The molecule has 0 atom stereocenters. The molecule has 0 aliphatic carbocycles. The van der Waals surface area contributed by atoms with Crippen molar-refractivity contribution in [3.05, 3.63) is 69.3 Å². The molecule has 3 rings (SSSR count). The average molecular weight is 411 g/mol. The van der Waals surface area contributed by atoms with Crippen molar-refractivity contribution in [2.45, 2.75) is 13.3 Å². The number of ether oxygens (including phenoxy) is 1. The van der Waals surface area contributed by atoms with E-state index >= 15 is 0 Å². The normalized spacial score (nSPS) is 15.4. The molecule has 0 spiro atoms. The molecule has 1 N–H and O–H groups in total. The summed E-state index contributed by atoms with van der Waals surface area (Å²) in [5, 5.41) is 13.7. The summed E-state index contributed by atoms with van der Waals surface area (Å²) in [7, 11) is 1.32. The van der Waals surface area contributed by atoms with Gasteiger partial charge in [-0.25, -0.2) is 0 Å². The highest BCUT2D eigenvalue weighted by atomic mass is 32.1. The van der Waals surface area contributed by atoms with Crippen LogP contribution < -0.4 is 15.0 Å². The molecule has 9 heteroatoms. The van der Waals surface area contributed by atoms with Gasteiger partial charge in [-0.1, -0.05) is 25.1 Å². The number of benzene rings is 2. The maximum atomic E-state index is 13.0. The summed E-state index contributed by atoms with van der Waals surface area (Å²) in [5.74, 6) is -1.20. The molecule has 2 aromatic carbocycles. The van der Waals surface area contributed by atoms with Gasteiger partial charge in [-0.15, -0.1) is 0 Å². The summed E-state index contributed by atoms with van der Waals surface area (Å²) in [4.78, 5) is 37.2. The van der Waals surface area contributed by atoms with Crippen LogP contribution in [-0.2, 0) is 16.0 Å². The summed E-state index contributed by atoms with van der Waals surface area (Å²) in [5.41, 5.74) is 1.47. The van der Waals surface area contributed by atoms with E-state index in [-0.39, 0.29) is 22.1 Å². The second-order valence-corrected chi connectivity index (χ2v) is 6.55. The Kier molecular flexibility index (Phi) is 5.69. The summed E-state index contributed by atoms with van der Waals surface area (Å²) in [6.07, 6.45) is 2.14. The Morgan fingerprint density at radius 1 is 1.21 bits per heavy atom. The molecule has 1 fully saturated rings. The Morgan fingerprint density at radius 3 is 2.48 bits per heavy atom. The highest BCUT2D eigenvalue weighted by molar-refractivity contribution is 7.80. The number of hydrogen-bond donors (Lipinski definition) is 1. The minimum atomic E-state index is -0.667. The molecular weight excluding hydrogens is 394 g/mol. The quantitative estimate of drug-likeness (QED) is 0.267. The van der Waals surface area contributed by atoms with E-state index in [1.807, 2.05) is 19.1 Å². The van der Waals surface area contributed by atoms with Crippen molar-refractivity contribution in [2.75, 3.05) is 12.0 Å². The average Bonchev–Trinajstić information content (AvgIpc) is 2.71. The summed E-state index contributed by atoms with van der Waals surface area (Å²) >= 11 is 5.17. The van der Waals surface area contributed by atoms with Crippen molar-refractivity contribution < 1.29 is 19.2 Å². The number of nitrogens with one attached hydrogen (secondary N) is 1. The molecule has 0 bridgehead atoms. The molecule has 2 aromatic rings. The molecule has 29 heavy (non-hydrogen) atoms. The van der Waals surface area contributed by atoms with Crippen LogP contribution in [0.25, 0.3) is 6.08 Å². The molecule has 0 unspecified atom stereocenters. The zero-order chi connectivity index (χ0) is 21.1. The number of methoxy groups -OCH3 is 1. The zero-order valence-electron chi connectivity index (χ0n) is 15.7. The van der Waals surface area contributed by atoms with E-state index in [1.54, 1.807) is 12.1 Å². The smallest absolute Gasteiger partial charge is 0.311 e. The third kappa shape index (κ3) is 3.99. The molecule has 1 saturated heterocycles. The number of nitro groups is 1. The standard InChI is InChI=1S/C20H17N3O5S/c1-3-12-4-7-14(8-5-12)22-19(25)15(18(24)21-20(22)29)10-13-6-9-17(28-2)16(11-13)23(26)27/h4-11H,3H2,1-2H3,(H,21,24,29)/b15-10+. The minimum absolute atomic E-state index is 0.0258. The fourth-order valence-electron chi connectivity index (χ4n) is 2.88. The molecule has 1 aliphatic heterocycles. The van der Waals surface area contributed by atoms with Crippen molar-refractivity contribution in [3.8, 4) is 5.75 Å². The number of nitrogens with zero attached hydrogens (tertiary/aromatic N) is 2. The number of hydrogen-bond acceptors (Lipinski definition) is 6. The summed E-state index contributed by atoms with van der Waals surface area (Å²) in [6, 6.07) is 11.4. The molecule has 8 nitrogen and oxygen atoms in total. The van der Waals surface area contributed by atoms with Gasteiger partial charge >= 0.3 is 5.69 Å². The van der Waals surface area contributed by atoms with Gasteiger partial charge in [-0.2, -0.15) is 0 Å². The van der Waals surface area contributed by atoms with Crippen LogP contribution in [0.1, 0.15) is 18.1 Å². The Labute approximate surface area is 171 Å². The van der Waals surface area contributed by atoms with E-state index in [1.165, 1.54) is 36.3 Å². The molecule has 1 heterocycles. The van der Waals surface area contributed by atoms with Gasteiger partial charge in [-0.05, 0) is 54.0 Å². The predicted molar refractivity (Wildman–Crippen MR) is 112 cm³/mol. The first kappa shape index (κ1) is 20.2. The number of rotatable bonds is 5. The Hall–Kier alpha value is -3.59. The van der Waals surface area contributed by atoms with Crippen LogP contribution in [0.15, 0.2) is 48.0 Å². The largest absolute Gasteiger partial charge is 0.490 e. The number of aryl methyl sites for hydroxylation is 1. The van der Waals surface area contributed by atoms with Gasteiger partial charge in [0.15, 0.2) is 10.9 Å². The van der Waals surface area contributed by atoms with Crippen LogP contribution >= 0.6 is 12.2 Å². The second-order valence-electron chi connectivity index (χ2n) is 6.17. The van der Waals surface area contributed by atoms with Crippen LogP contribution in [0.5, 0.6) is 5.75 Å². The lowest BCUT2D eigenvalue weighted by Gasteiger charge is -2.29. The molecule has 1 aliphatic rings. The van der Waals surface area contributed by atoms with Gasteiger partial charge in [0.05, 0.1) is 17.7 Å². The number of carbonyl (C=O) groups is 2. The van der Waals surface area contributed by atoms with Gasteiger partial charge in [-0.3, -0.25) is 29.9 Å². The molecule has 0 radical (unpaired) electrons. The Morgan fingerprint density at radius 2 is 1.90 bits per heavy atom. The minimum Gasteiger partial charge on any atom is -0.490 e. The van der Waals surface area contributed by atoms with Gasteiger partial charge in [0.25, 0.3) is 11.8 Å².